The number of para-hydroxylation sites is 2. The van der Waals surface area contributed by atoms with E-state index in [0.29, 0.717) is 19.4 Å². The van der Waals surface area contributed by atoms with Crippen molar-refractivity contribution in [2.75, 3.05) is 20.8 Å². The van der Waals surface area contributed by atoms with Gasteiger partial charge in [-0.15, -0.1) is 0 Å². The first-order valence-corrected chi connectivity index (χ1v) is 7.31. The Balaban J connectivity index is 2.07. The molecule has 0 saturated heterocycles. The Kier molecular flexibility index (Phi) is 5.07. The summed E-state index contributed by atoms with van der Waals surface area (Å²) in [5, 5.41) is 3.10. The number of esters is 1. The molecule has 0 heterocycles. The van der Waals surface area contributed by atoms with E-state index >= 15 is 0 Å². The van der Waals surface area contributed by atoms with E-state index in [1.54, 1.807) is 7.05 Å². The largest absolute Gasteiger partial charge is 0.490 e. The lowest BCUT2D eigenvalue weighted by atomic mass is 9.98. The zero-order chi connectivity index (χ0) is 15.3. The number of hydrogen-bond acceptors (Lipinski definition) is 5. The van der Waals surface area contributed by atoms with Crippen LogP contribution in [0.3, 0.4) is 0 Å². The first kappa shape index (κ1) is 15.6. The van der Waals surface area contributed by atoms with Crippen LogP contribution in [0.1, 0.15) is 26.2 Å². The highest BCUT2D eigenvalue weighted by atomic mass is 16.5. The summed E-state index contributed by atoms with van der Waals surface area (Å²) >= 11 is 0. The molecule has 21 heavy (non-hydrogen) atoms. The molecule has 0 bridgehead atoms. The van der Waals surface area contributed by atoms with Gasteiger partial charge in [-0.2, -0.15) is 0 Å². The maximum atomic E-state index is 12.0. The van der Waals surface area contributed by atoms with Gasteiger partial charge in [0, 0.05) is 6.42 Å². The third-order valence-corrected chi connectivity index (χ3v) is 3.97. The van der Waals surface area contributed by atoms with Gasteiger partial charge in [-0.1, -0.05) is 12.1 Å². The highest BCUT2D eigenvalue weighted by molar-refractivity contribution is 5.81. The first-order chi connectivity index (χ1) is 10.1. The van der Waals surface area contributed by atoms with Crippen molar-refractivity contribution in [3.63, 3.8) is 0 Å². The second-order valence-corrected chi connectivity index (χ2v) is 5.19. The molecule has 116 valence electrons. The number of methoxy groups -OCH3 is 1. The van der Waals surface area contributed by atoms with Crippen LogP contribution in [0.15, 0.2) is 24.3 Å². The molecule has 1 saturated carbocycles. The van der Waals surface area contributed by atoms with Gasteiger partial charge >= 0.3 is 5.97 Å². The van der Waals surface area contributed by atoms with Crippen LogP contribution in [0.25, 0.3) is 0 Å². The van der Waals surface area contributed by atoms with Crippen LogP contribution in [0.5, 0.6) is 11.5 Å². The Labute approximate surface area is 125 Å². The van der Waals surface area contributed by atoms with E-state index in [0.717, 1.165) is 17.9 Å². The van der Waals surface area contributed by atoms with Gasteiger partial charge in [-0.3, -0.25) is 4.79 Å². The molecule has 1 N–H and O–H groups in total. The Bertz CT molecular complexity index is 491. The van der Waals surface area contributed by atoms with Crippen LogP contribution in [0.4, 0.5) is 0 Å². The van der Waals surface area contributed by atoms with Gasteiger partial charge < -0.3 is 19.5 Å². The van der Waals surface area contributed by atoms with E-state index in [1.807, 2.05) is 31.2 Å². The molecule has 5 heteroatoms. The second kappa shape index (κ2) is 6.80. The van der Waals surface area contributed by atoms with Crippen molar-refractivity contribution >= 4 is 5.97 Å². The van der Waals surface area contributed by atoms with Gasteiger partial charge in [0.15, 0.2) is 11.5 Å². The summed E-state index contributed by atoms with van der Waals surface area (Å²) in [6.45, 7) is 2.53. The maximum Gasteiger partial charge on any atom is 0.326 e. The van der Waals surface area contributed by atoms with Gasteiger partial charge in [0.05, 0.1) is 13.7 Å². The van der Waals surface area contributed by atoms with Gasteiger partial charge in [0.25, 0.3) is 0 Å². The van der Waals surface area contributed by atoms with E-state index in [-0.39, 0.29) is 12.1 Å². The predicted octanol–water partition coefficient (Wildman–Crippen LogP) is 2.15. The number of carbonyl (C=O) groups is 1. The van der Waals surface area contributed by atoms with Gasteiger partial charge in [0.1, 0.15) is 11.6 Å². The van der Waals surface area contributed by atoms with Crippen molar-refractivity contribution in [2.45, 2.75) is 37.8 Å². The molecule has 2 atom stereocenters. The number of rotatable bonds is 6. The average Bonchev–Trinajstić information content (AvgIpc) is 2.93. The van der Waals surface area contributed by atoms with E-state index in [1.165, 1.54) is 7.11 Å². The number of hydrogen-bond donors (Lipinski definition) is 1. The lowest BCUT2D eigenvalue weighted by Crippen LogP contribution is -2.49. The van der Waals surface area contributed by atoms with E-state index in [4.69, 9.17) is 14.2 Å². The quantitative estimate of drug-likeness (QED) is 0.814. The third-order valence-electron chi connectivity index (χ3n) is 3.97. The number of likely N-dealkylation sites (N-methyl/N-ethyl adjacent to an activating group) is 1. The minimum absolute atomic E-state index is 0.0295. The summed E-state index contributed by atoms with van der Waals surface area (Å²) in [7, 11) is 3.20. The molecule has 0 aromatic heterocycles. The fraction of sp³-hybridized carbons (Fsp3) is 0.562. The zero-order valence-corrected chi connectivity index (χ0v) is 12.8. The standard InChI is InChI=1S/C16H23NO4/c1-4-20-13-7-5-6-8-14(13)21-12-9-10-16(11-12,17-2)15(18)19-3/h5-8,12,17H,4,9-11H2,1-3H3. The van der Waals surface area contributed by atoms with Crippen molar-refractivity contribution in [1.29, 1.82) is 0 Å². The Hall–Kier alpha value is -1.75. The van der Waals surface area contributed by atoms with Gasteiger partial charge in [-0.05, 0) is 38.9 Å². The summed E-state index contributed by atoms with van der Waals surface area (Å²) in [5.41, 5.74) is -0.639. The molecule has 0 amide bonds. The molecule has 0 spiro atoms. The predicted molar refractivity (Wildman–Crippen MR) is 79.7 cm³/mol. The molecule has 1 aliphatic rings. The molecule has 1 fully saturated rings. The number of ether oxygens (including phenoxy) is 3. The Morgan fingerprint density at radius 2 is 2.10 bits per heavy atom. The fourth-order valence-corrected chi connectivity index (χ4v) is 2.81. The molecule has 5 nitrogen and oxygen atoms in total. The molecule has 1 aliphatic carbocycles. The molecular formula is C16H23NO4. The first-order valence-electron chi connectivity index (χ1n) is 7.31. The lowest BCUT2D eigenvalue weighted by molar-refractivity contribution is -0.148. The van der Waals surface area contributed by atoms with Crippen molar-refractivity contribution in [1.82, 2.24) is 5.32 Å². The van der Waals surface area contributed by atoms with E-state index in [2.05, 4.69) is 5.32 Å². The minimum Gasteiger partial charge on any atom is -0.490 e. The molecule has 2 rings (SSSR count). The number of benzene rings is 1. The van der Waals surface area contributed by atoms with Crippen LogP contribution >= 0.6 is 0 Å². The van der Waals surface area contributed by atoms with Crippen LogP contribution in [-0.2, 0) is 9.53 Å². The van der Waals surface area contributed by atoms with Gasteiger partial charge in [0.2, 0.25) is 0 Å². The molecule has 1 aromatic carbocycles. The number of nitrogens with one attached hydrogen (secondary N) is 1. The molecule has 2 unspecified atom stereocenters. The topological polar surface area (TPSA) is 56.8 Å². The highest BCUT2D eigenvalue weighted by Crippen LogP contribution is 2.36. The Morgan fingerprint density at radius 3 is 2.71 bits per heavy atom. The van der Waals surface area contributed by atoms with Crippen LogP contribution in [0, 0.1) is 0 Å². The summed E-state index contributed by atoms with van der Waals surface area (Å²) in [5.74, 6) is 1.23. The highest BCUT2D eigenvalue weighted by Gasteiger charge is 2.46. The van der Waals surface area contributed by atoms with Crippen LogP contribution in [0.2, 0.25) is 0 Å². The lowest BCUT2D eigenvalue weighted by Gasteiger charge is -2.25. The summed E-state index contributed by atoms with van der Waals surface area (Å²) in [6.07, 6.45) is 2.07. The Morgan fingerprint density at radius 1 is 1.38 bits per heavy atom. The molecule has 0 aliphatic heterocycles. The fourth-order valence-electron chi connectivity index (χ4n) is 2.81. The summed E-state index contributed by atoms with van der Waals surface area (Å²) in [4.78, 5) is 12.0. The second-order valence-electron chi connectivity index (χ2n) is 5.19. The van der Waals surface area contributed by atoms with E-state index < -0.39 is 5.54 Å². The summed E-state index contributed by atoms with van der Waals surface area (Å²) in [6, 6.07) is 7.61. The van der Waals surface area contributed by atoms with Crippen molar-refractivity contribution in [2.24, 2.45) is 0 Å². The average molecular weight is 293 g/mol. The molecule has 0 radical (unpaired) electrons. The summed E-state index contributed by atoms with van der Waals surface area (Å²) < 4.78 is 16.5. The van der Waals surface area contributed by atoms with Gasteiger partial charge in [-0.25, -0.2) is 0 Å². The molecular weight excluding hydrogens is 270 g/mol. The van der Waals surface area contributed by atoms with Crippen LogP contribution in [-0.4, -0.2) is 38.4 Å². The SMILES string of the molecule is CCOc1ccccc1OC1CCC(NC)(C(=O)OC)C1. The van der Waals surface area contributed by atoms with Crippen molar-refractivity contribution < 1.29 is 19.0 Å². The maximum absolute atomic E-state index is 12.0. The smallest absolute Gasteiger partial charge is 0.326 e. The van der Waals surface area contributed by atoms with Crippen molar-refractivity contribution in [3.8, 4) is 11.5 Å². The zero-order valence-electron chi connectivity index (χ0n) is 12.8. The minimum atomic E-state index is -0.639. The number of carbonyl (C=O) groups excluding carboxylic acids is 1. The monoisotopic (exact) mass is 293 g/mol. The molecule has 1 aromatic rings. The van der Waals surface area contributed by atoms with Crippen LogP contribution < -0.4 is 14.8 Å². The van der Waals surface area contributed by atoms with E-state index in [9.17, 15) is 4.79 Å². The normalized spacial score (nSPS) is 24.6. The van der Waals surface area contributed by atoms with Crippen molar-refractivity contribution in [3.05, 3.63) is 24.3 Å². The third kappa shape index (κ3) is 3.29.